The second kappa shape index (κ2) is 6.80. The van der Waals surface area contributed by atoms with E-state index in [1.165, 1.54) is 32.1 Å². The van der Waals surface area contributed by atoms with Gasteiger partial charge in [-0.15, -0.1) is 0 Å². The number of rotatable bonds is 7. The minimum absolute atomic E-state index is 0.0332. The minimum atomic E-state index is -1.52. The highest BCUT2D eigenvalue weighted by Crippen LogP contribution is 2.39. The molecule has 98 valence electrons. The molecule has 0 radical (unpaired) electrons. The molecule has 0 saturated carbocycles. The number of aliphatic hydroxyl groups is 1. The van der Waals surface area contributed by atoms with Gasteiger partial charge in [0.05, 0.1) is 8.07 Å². The van der Waals surface area contributed by atoms with Crippen molar-refractivity contribution in [1.29, 1.82) is 0 Å². The zero-order valence-corrected chi connectivity index (χ0v) is 13.3. The Hall–Kier alpha value is 0.177. The van der Waals surface area contributed by atoms with Crippen LogP contribution in [-0.4, -0.2) is 18.9 Å². The maximum Gasteiger partial charge on any atom is 0.0864 e. The van der Waals surface area contributed by atoms with Crippen molar-refractivity contribution >= 4 is 8.07 Å². The topological polar surface area (TPSA) is 20.2 Å². The highest BCUT2D eigenvalue weighted by molar-refractivity contribution is 6.81. The Kier molecular flexibility index (Phi) is 6.88. The Morgan fingerprint density at radius 2 is 1.50 bits per heavy atom. The van der Waals surface area contributed by atoms with E-state index in [1.807, 2.05) is 0 Å². The molecule has 0 saturated heterocycles. The molecule has 2 heteroatoms. The molecule has 1 N–H and O–H groups in total. The van der Waals surface area contributed by atoms with Crippen molar-refractivity contribution in [2.75, 3.05) is 0 Å². The summed E-state index contributed by atoms with van der Waals surface area (Å²) in [6.45, 7) is 13.7. The van der Waals surface area contributed by atoms with E-state index in [2.05, 4.69) is 40.8 Å². The summed E-state index contributed by atoms with van der Waals surface area (Å²) in [7, 11) is -1.52. The summed E-state index contributed by atoms with van der Waals surface area (Å²) < 4.78 is 0. The van der Waals surface area contributed by atoms with Crippen LogP contribution >= 0.6 is 0 Å². The highest BCUT2D eigenvalue weighted by Gasteiger charge is 2.40. The summed E-state index contributed by atoms with van der Waals surface area (Å²) >= 11 is 0. The Morgan fingerprint density at radius 3 is 1.94 bits per heavy atom. The largest absolute Gasteiger partial charge is 0.397 e. The Morgan fingerprint density at radius 1 is 1.00 bits per heavy atom. The zero-order chi connectivity index (χ0) is 12.8. The standard InChI is InChI=1S/C14H32OSi/c1-7-8-9-10-11-12-13(15)16(5,6)14(2,3)4/h13,15H,7-12H2,1-6H3/t13-/m0/s1. The molecule has 0 aromatic rings. The van der Waals surface area contributed by atoms with Gasteiger partial charge in [0.25, 0.3) is 0 Å². The molecule has 0 rings (SSSR count). The number of unbranched alkanes of at least 4 members (excludes halogenated alkanes) is 4. The number of hydrogen-bond acceptors (Lipinski definition) is 1. The number of aliphatic hydroxyl groups excluding tert-OH is 1. The van der Waals surface area contributed by atoms with Crippen LogP contribution in [-0.2, 0) is 0 Å². The van der Waals surface area contributed by atoms with Crippen LogP contribution in [0.5, 0.6) is 0 Å². The second-order valence-corrected chi connectivity index (χ2v) is 12.3. The lowest BCUT2D eigenvalue weighted by Crippen LogP contribution is -2.49. The van der Waals surface area contributed by atoms with E-state index < -0.39 is 8.07 Å². The summed E-state index contributed by atoms with van der Waals surface area (Å²) in [5.74, 6) is 0. The van der Waals surface area contributed by atoms with Gasteiger partial charge in [-0.25, -0.2) is 0 Å². The van der Waals surface area contributed by atoms with Crippen molar-refractivity contribution in [1.82, 2.24) is 0 Å². The fraction of sp³-hybridized carbons (Fsp3) is 1.00. The van der Waals surface area contributed by atoms with Gasteiger partial charge in [-0.3, -0.25) is 0 Å². The summed E-state index contributed by atoms with van der Waals surface area (Å²) in [4.78, 5) is 0. The van der Waals surface area contributed by atoms with Crippen molar-refractivity contribution in [2.24, 2.45) is 0 Å². The van der Waals surface area contributed by atoms with E-state index in [1.54, 1.807) is 0 Å². The molecule has 0 heterocycles. The molecular formula is C14H32OSi. The monoisotopic (exact) mass is 244 g/mol. The van der Waals surface area contributed by atoms with E-state index in [-0.39, 0.29) is 5.73 Å². The van der Waals surface area contributed by atoms with Gasteiger partial charge in [0.1, 0.15) is 0 Å². The molecule has 0 amide bonds. The SMILES string of the molecule is CCCCCCC[C@@H](O)[Si](C)(C)C(C)(C)C. The maximum absolute atomic E-state index is 10.3. The van der Waals surface area contributed by atoms with E-state index in [0.29, 0.717) is 5.04 Å². The first-order valence-electron chi connectivity index (χ1n) is 6.91. The molecule has 0 bridgehead atoms. The lowest BCUT2D eigenvalue weighted by molar-refractivity contribution is 0.222. The molecule has 0 aromatic carbocycles. The molecule has 1 atom stereocenters. The minimum Gasteiger partial charge on any atom is -0.397 e. The van der Waals surface area contributed by atoms with E-state index >= 15 is 0 Å². The zero-order valence-electron chi connectivity index (χ0n) is 12.3. The maximum atomic E-state index is 10.3. The van der Waals surface area contributed by atoms with Gasteiger partial charge in [-0.05, 0) is 11.5 Å². The molecule has 0 spiro atoms. The third kappa shape index (κ3) is 5.01. The van der Waals surface area contributed by atoms with Crippen LogP contribution in [0.2, 0.25) is 18.1 Å². The lowest BCUT2D eigenvalue weighted by Gasteiger charge is -2.40. The van der Waals surface area contributed by atoms with Crippen LogP contribution in [0.25, 0.3) is 0 Å². The first kappa shape index (κ1) is 16.2. The molecule has 0 aliphatic heterocycles. The normalized spacial score (nSPS) is 15.2. The molecule has 1 nitrogen and oxygen atoms in total. The van der Waals surface area contributed by atoms with Gasteiger partial charge >= 0.3 is 0 Å². The summed E-state index contributed by atoms with van der Waals surface area (Å²) in [5, 5.41) is 10.6. The Balaban J connectivity index is 3.92. The highest BCUT2D eigenvalue weighted by atomic mass is 28.3. The van der Waals surface area contributed by atoms with Crippen LogP contribution in [0.15, 0.2) is 0 Å². The van der Waals surface area contributed by atoms with E-state index in [0.717, 1.165) is 6.42 Å². The first-order chi connectivity index (χ1) is 7.23. The molecule has 0 fully saturated rings. The van der Waals surface area contributed by atoms with Crippen molar-refractivity contribution in [2.45, 2.75) is 90.1 Å². The number of hydrogen-bond donors (Lipinski definition) is 1. The van der Waals surface area contributed by atoms with Crippen molar-refractivity contribution in [3.63, 3.8) is 0 Å². The average Bonchev–Trinajstić information content (AvgIpc) is 2.15. The molecular weight excluding hydrogens is 212 g/mol. The van der Waals surface area contributed by atoms with Crippen molar-refractivity contribution in [3.05, 3.63) is 0 Å². The fourth-order valence-electron chi connectivity index (χ4n) is 1.80. The van der Waals surface area contributed by atoms with Gasteiger partial charge in [-0.1, -0.05) is 72.9 Å². The predicted molar refractivity (Wildman–Crippen MR) is 76.6 cm³/mol. The summed E-state index contributed by atoms with van der Waals surface area (Å²) in [6, 6.07) is 0. The van der Waals surface area contributed by atoms with Crippen LogP contribution in [0.4, 0.5) is 0 Å². The van der Waals surface area contributed by atoms with Gasteiger partial charge in [0.15, 0.2) is 0 Å². The predicted octanol–water partition coefficient (Wildman–Crippen LogP) is 4.76. The first-order valence-corrected chi connectivity index (χ1v) is 9.99. The molecule has 0 aliphatic carbocycles. The fourth-order valence-corrected chi connectivity index (χ4v) is 3.73. The molecule has 0 aliphatic rings. The average molecular weight is 244 g/mol. The van der Waals surface area contributed by atoms with Crippen LogP contribution < -0.4 is 0 Å². The van der Waals surface area contributed by atoms with Gasteiger partial charge in [-0.2, -0.15) is 0 Å². The summed E-state index contributed by atoms with van der Waals surface area (Å²) in [6.07, 6.45) is 7.48. The lowest BCUT2D eigenvalue weighted by atomic mass is 10.1. The van der Waals surface area contributed by atoms with Gasteiger partial charge in [0, 0.05) is 5.73 Å². The van der Waals surface area contributed by atoms with E-state index in [4.69, 9.17) is 0 Å². The third-order valence-electron chi connectivity index (χ3n) is 4.35. The van der Waals surface area contributed by atoms with Crippen molar-refractivity contribution < 1.29 is 5.11 Å². The van der Waals surface area contributed by atoms with Gasteiger partial charge < -0.3 is 5.11 Å². The second-order valence-electron chi connectivity index (χ2n) is 6.69. The molecule has 0 aromatic heterocycles. The van der Waals surface area contributed by atoms with Gasteiger partial charge in [0.2, 0.25) is 0 Å². The smallest absolute Gasteiger partial charge is 0.0864 e. The molecule has 16 heavy (non-hydrogen) atoms. The van der Waals surface area contributed by atoms with Crippen molar-refractivity contribution in [3.8, 4) is 0 Å². The Bertz CT molecular complexity index is 182. The third-order valence-corrected chi connectivity index (χ3v) is 10.2. The Labute approximate surface area is 104 Å². The van der Waals surface area contributed by atoms with Crippen LogP contribution in [0, 0.1) is 0 Å². The van der Waals surface area contributed by atoms with E-state index in [9.17, 15) is 5.11 Å². The van der Waals surface area contributed by atoms with Crippen LogP contribution in [0.1, 0.15) is 66.2 Å². The van der Waals surface area contributed by atoms with Crippen LogP contribution in [0.3, 0.4) is 0 Å². The molecule has 0 unspecified atom stereocenters. The summed E-state index contributed by atoms with van der Waals surface area (Å²) in [5.41, 5.74) is -0.0332. The quantitative estimate of drug-likeness (QED) is 0.506.